The molecular weight excluding hydrogens is 332 g/mol. The van der Waals surface area contributed by atoms with E-state index in [9.17, 15) is 14.0 Å². The highest BCUT2D eigenvalue weighted by Gasteiger charge is 2.46. The fourth-order valence-corrected chi connectivity index (χ4v) is 4.58. The Kier molecular flexibility index (Phi) is 6.84. The molecular formula is C22H35F2NO. The van der Waals surface area contributed by atoms with Crippen LogP contribution in [0.25, 0.3) is 0 Å². The average molecular weight is 368 g/mol. The van der Waals surface area contributed by atoms with Crippen molar-refractivity contribution in [3.8, 4) is 0 Å². The van der Waals surface area contributed by atoms with Gasteiger partial charge in [0.05, 0.1) is 0 Å². The first-order valence-electron chi connectivity index (χ1n) is 10.1. The van der Waals surface area contributed by atoms with E-state index in [1.807, 2.05) is 27.7 Å². The third-order valence-corrected chi connectivity index (χ3v) is 5.75. The number of halogens is 2. The van der Waals surface area contributed by atoms with E-state index in [1.54, 1.807) is 0 Å². The topological polar surface area (TPSA) is 23.5 Å². The Morgan fingerprint density at radius 3 is 1.96 bits per heavy atom. The molecule has 0 bridgehead atoms. The summed E-state index contributed by atoms with van der Waals surface area (Å²) in [7, 11) is 0. The Hall–Kier alpha value is -1.00. The minimum atomic E-state index is -0.525. The Morgan fingerprint density at radius 1 is 0.962 bits per heavy atom. The van der Waals surface area contributed by atoms with Crippen molar-refractivity contribution in [2.75, 3.05) is 0 Å². The summed E-state index contributed by atoms with van der Waals surface area (Å²) in [5, 5.41) is 11.8. The van der Waals surface area contributed by atoms with E-state index in [0.717, 1.165) is 24.8 Å². The van der Waals surface area contributed by atoms with Crippen LogP contribution >= 0.6 is 0 Å². The summed E-state index contributed by atoms with van der Waals surface area (Å²) in [5.74, 6) is -1.10. The molecule has 26 heavy (non-hydrogen) atoms. The zero-order valence-corrected chi connectivity index (χ0v) is 17.0. The molecule has 1 fully saturated rings. The molecule has 0 spiro atoms. The molecule has 0 saturated carbocycles. The van der Waals surface area contributed by atoms with E-state index in [0.29, 0.717) is 12.8 Å². The van der Waals surface area contributed by atoms with Crippen molar-refractivity contribution in [3.63, 3.8) is 0 Å². The van der Waals surface area contributed by atoms with Gasteiger partial charge in [0.15, 0.2) is 0 Å². The first kappa shape index (κ1) is 21.3. The third-order valence-electron chi connectivity index (χ3n) is 5.75. The maximum atomic E-state index is 14.8. The first-order valence-corrected chi connectivity index (χ1v) is 10.1. The summed E-state index contributed by atoms with van der Waals surface area (Å²) in [6.45, 7) is 9.85. The highest BCUT2D eigenvalue weighted by molar-refractivity contribution is 5.31. The number of nitrogens with zero attached hydrogens (tertiary/aromatic N) is 1. The summed E-state index contributed by atoms with van der Waals surface area (Å²) in [5.41, 5.74) is -0.112. The van der Waals surface area contributed by atoms with Crippen LogP contribution in [0.3, 0.4) is 0 Å². The lowest BCUT2D eigenvalue weighted by Gasteiger charge is -2.51. The molecule has 0 atom stereocenters. The van der Waals surface area contributed by atoms with Crippen molar-refractivity contribution in [1.29, 1.82) is 0 Å². The van der Waals surface area contributed by atoms with Crippen molar-refractivity contribution in [2.45, 2.75) is 103 Å². The first-order chi connectivity index (χ1) is 12.1. The molecule has 1 aliphatic rings. The summed E-state index contributed by atoms with van der Waals surface area (Å²) >= 11 is 0. The molecule has 0 radical (unpaired) electrons. The molecule has 0 amide bonds. The number of hydrogen-bond acceptors (Lipinski definition) is 2. The Morgan fingerprint density at radius 2 is 1.46 bits per heavy atom. The fourth-order valence-electron chi connectivity index (χ4n) is 4.58. The Labute approximate surface area is 157 Å². The van der Waals surface area contributed by atoms with Crippen molar-refractivity contribution < 1.29 is 14.0 Å². The van der Waals surface area contributed by atoms with Gasteiger partial charge in [-0.3, -0.25) is 0 Å². The van der Waals surface area contributed by atoms with Gasteiger partial charge in [-0.05, 0) is 77.0 Å². The number of rotatable bonds is 7. The van der Waals surface area contributed by atoms with Crippen molar-refractivity contribution in [1.82, 2.24) is 5.06 Å². The molecule has 1 saturated heterocycles. The molecule has 1 heterocycles. The molecule has 0 unspecified atom stereocenters. The minimum absolute atomic E-state index is 0.189. The van der Waals surface area contributed by atoms with Gasteiger partial charge in [0.25, 0.3) is 0 Å². The smallest absolute Gasteiger partial charge is 0.129 e. The van der Waals surface area contributed by atoms with E-state index >= 15 is 0 Å². The third kappa shape index (κ3) is 4.83. The summed E-state index contributed by atoms with van der Waals surface area (Å²) in [6, 6.07) is 3.03. The van der Waals surface area contributed by atoms with Gasteiger partial charge in [-0.15, -0.1) is 0 Å². The normalized spacial score (nSPS) is 20.5. The monoisotopic (exact) mass is 367 g/mol. The van der Waals surface area contributed by atoms with Gasteiger partial charge >= 0.3 is 0 Å². The predicted octanol–water partition coefficient (Wildman–Crippen LogP) is 6.60. The maximum Gasteiger partial charge on any atom is 0.129 e. The second kappa shape index (κ2) is 8.35. The van der Waals surface area contributed by atoms with Crippen LogP contribution in [0, 0.1) is 11.6 Å². The zero-order chi connectivity index (χ0) is 19.5. The van der Waals surface area contributed by atoms with Gasteiger partial charge in [0, 0.05) is 16.6 Å². The second-order valence-electron chi connectivity index (χ2n) is 9.18. The van der Waals surface area contributed by atoms with Crippen LogP contribution in [0.5, 0.6) is 0 Å². The molecule has 1 aromatic carbocycles. The second-order valence-corrected chi connectivity index (χ2v) is 9.18. The van der Waals surface area contributed by atoms with Gasteiger partial charge < -0.3 is 5.21 Å². The number of hydrogen-bond donors (Lipinski definition) is 1. The van der Waals surface area contributed by atoms with Gasteiger partial charge in [0.2, 0.25) is 0 Å². The van der Waals surface area contributed by atoms with Gasteiger partial charge in [-0.2, -0.15) is 5.06 Å². The molecule has 148 valence electrons. The van der Waals surface area contributed by atoms with Crippen LogP contribution < -0.4 is 0 Å². The highest BCUT2D eigenvalue weighted by atomic mass is 19.1. The predicted molar refractivity (Wildman–Crippen MR) is 103 cm³/mol. The zero-order valence-electron chi connectivity index (χ0n) is 17.0. The highest BCUT2D eigenvalue weighted by Crippen LogP contribution is 2.45. The largest absolute Gasteiger partial charge is 0.313 e. The minimum Gasteiger partial charge on any atom is -0.313 e. The van der Waals surface area contributed by atoms with Gasteiger partial charge in [0.1, 0.15) is 11.6 Å². The molecule has 2 nitrogen and oxygen atoms in total. The van der Waals surface area contributed by atoms with E-state index in [2.05, 4.69) is 6.92 Å². The van der Waals surface area contributed by atoms with Crippen molar-refractivity contribution in [3.05, 3.63) is 34.9 Å². The molecule has 0 aromatic heterocycles. The molecule has 0 aliphatic carbocycles. The van der Waals surface area contributed by atoms with Crippen LogP contribution in [0.15, 0.2) is 12.1 Å². The van der Waals surface area contributed by atoms with Gasteiger partial charge in [-0.1, -0.05) is 32.6 Å². The van der Waals surface area contributed by atoms with Crippen LogP contribution in [0.2, 0.25) is 0 Å². The maximum absolute atomic E-state index is 14.8. The number of benzene rings is 1. The number of aryl methyl sites for hydroxylation is 1. The van der Waals surface area contributed by atoms with E-state index in [1.165, 1.54) is 36.5 Å². The Balaban J connectivity index is 2.15. The molecule has 4 heteroatoms. The van der Waals surface area contributed by atoms with Crippen LogP contribution in [-0.2, 0) is 6.42 Å². The summed E-state index contributed by atoms with van der Waals surface area (Å²) < 4.78 is 29.6. The van der Waals surface area contributed by atoms with Gasteiger partial charge in [-0.25, -0.2) is 8.78 Å². The average Bonchev–Trinajstić information content (AvgIpc) is 2.51. The van der Waals surface area contributed by atoms with E-state index in [-0.39, 0.29) is 11.5 Å². The van der Waals surface area contributed by atoms with Crippen LogP contribution in [-0.4, -0.2) is 21.3 Å². The lowest BCUT2D eigenvalue weighted by molar-refractivity contribution is -0.245. The quantitative estimate of drug-likeness (QED) is 0.549. The van der Waals surface area contributed by atoms with Crippen molar-refractivity contribution in [2.24, 2.45) is 0 Å². The van der Waals surface area contributed by atoms with Crippen LogP contribution in [0.1, 0.15) is 96.6 Å². The fraction of sp³-hybridized carbons (Fsp3) is 0.727. The standard InChI is InChI=1S/C22H35F2NO/c1-6-7-8-9-10-11-16-12-18(23)20(19(24)13-16)17-14-21(2,3)25(26)22(4,5)15-17/h12-13,17,26H,6-11,14-15H2,1-5H3. The van der Waals surface area contributed by atoms with Crippen LogP contribution in [0.4, 0.5) is 8.78 Å². The molecule has 2 rings (SSSR count). The SMILES string of the molecule is CCCCCCCc1cc(F)c(C2CC(C)(C)N(O)C(C)(C)C2)c(F)c1. The summed E-state index contributed by atoms with van der Waals surface area (Å²) in [6.07, 6.45) is 7.45. The molecule has 1 aromatic rings. The Bertz CT molecular complexity index is 571. The molecule has 1 N–H and O–H groups in total. The number of unbranched alkanes of at least 4 members (excludes halogenated alkanes) is 4. The van der Waals surface area contributed by atoms with E-state index in [4.69, 9.17) is 0 Å². The lowest BCUT2D eigenvalue weighted by Crippen LogP contribution is -2.58. The number of hydroxylamine groups is 2. The summed E-state index contributed by atoms with van der Waals surface area (Å²) in [4.78, 5) is 0. The van der Waals surface area contributed by atoms with Crippen molar-refractivity contribution >= 4 is 0 Å². The number of piperidine rings is 1. The molecule has 1 aliphatic heterocycles. The lowest BCUT2D eigenvalue weighted by atomic mass is 9.72. The van der Waals surface area contributed by atoms with E-state index < -0.39 is 22.7 Å².